The maximum Gasteiger partial charge on any atom is 0.118 e. The molecule has 1 N–H and O–H groups in total. The molecule has 27 heavy (non-hydrogen) atoms. The summed E-state index contributed by atoms with van der Waals surface area (Å²) in [5, 5.41) is 9.20. The zero-order valence-electron chi connectivity index (χ0n) is 15.7. The number of aryl methyl sites for hydroxylation is 1. The molecule has 0 spiro atoms. The third kappa shape index (κ3) is 4.18. The molecule has 0 saturated heterocycles. The first kappa shape index (κ1) is 18.1. The first-order valence-electron chi connectivity index (χ1n) is 9.31. The van der Waals surface area contributed by atoms with Crippen LogP contribution in [0.5, 0.6) is 5.75 Å². The van der Waals surface area contributed by atoms with Gasteiger partial charge >= 0.3 is 0 Å². The van der Waals surface area contributed by atoms with Crippen LogP contribution in [0.4, 0.5) is 0 Å². The van der Waals surface area contributed by atoms with Gasteiger partial charge in [0.25, 0.3) is 0 Å². The van der Waals surface area contributed by atoms with Crippen LogP contribution in [-0.4, -0.2) is 16.9 Å². The lowest BCUT2D eigenvalue weighted by atomic mass is 9.99. The van der Waals surface area contributed by atoms with Crippen molar-refractivity contribution in [3.05, 3.63) is 82.1 Å². The monoisotopic (exact) mass is 381 g/mol. The van der Waals surface area contributed by atoms with E-state index in [-0.39, 0.29) is 6.04 Å². The molecule has 4 rings (SSSR count). The molecule has 1 aromatic heterocycles. The SMILES string of the molecule is COc1ccc(CNC(c2ccc(Cl)cc2)c2cn(C3CC3)nc2C)cc1. The second-order valence-electron chi connectivity index (χ2n) is 7.09. The van der Waals surface area contributed by atoms with Gasteiger partial charge in [-0.15, -0.1) is 0 Å². The van der Waals surface area contributed by atoms with E-state index in [4.69, 9.17) is 21.4 Å². The molecule has 0 bridgehead atoms. The molecule has 1 saturated carbocycles. The van der Waals surface area contributed by atoms with E-state index in [9.17, 15) is 0 Å². The molecule has 1 atom stereocenters. The summed E-state index contributed by atoms with van der Waals surface area (Å²) in [6.45, 7) is 2.84. The van der Waals surface area contributed by atoms with Gasteiger partial charge in [-0.3, -0.25) is 4.68 Å². The summed E-state index contributed by atoms with van der Waals surface area (Å²) in [6, 6.07) is 16.9. The largest absolute Gasteiger partial charge is 0.497 e. The normalized spacial score (nSPS) is 14.9. The van der Waals surface area contributed by atoms with Gasteiger partial charge in [-0.05, 0) is 55.2 Å². The second-order valence-corrected chi connectivity index (χ2v) is 7.53. The minimum Gasteiger partial charge on any atom is -0.497 e. The van der Waals surface area contributed by atoms with Crippen LogP contribution in [0.2, 0.25) is 5.02 Å². The van der Waals surface area contributed by atoms with Gasteiger partial charge in [0, 0.05) is 23.3 Å². The van der Waals surface area contributed by atoms with Crippen molar-refractivity contribution in [3.8, 4) is 5.75 Å². The predicted octanol–water partition coefficient (Wildman–Crippen LogP) is 5.07. The van der Waals surface area contributed by atoms with Gasteiger partial charge < -0.3 is 10.1 Å². The van der Waals surface area contributed by atoms with E-state index in [0.717, 1.165) is 23.0 Å². The van der Waals surface area contributed by atoms with E-state index in [1.54, 1.807) is 7.11 Å². The zero-order chi connectivity index (χ0) is 18.8. The summed E-state index contributed by atoms with van der Waals surface area (Å²) in [7, 11) is 1.68. The van der Waals surface area contributed by atoms with Gasteiger partial charge in [-0.25, -0.2) is 0 Å². The fourth-order valence-electron chi connectivity index (χ4n) is 3.33. The van der Waals surface area contributed by atoms with Crippen LogP contribution in [-0.2, 0) is 6.54 Å². The smallest absolute Gasteiger partial charge is 0.118 e. The third-order valence-electron chi connectivity index (χ3n) is 5.06. The van der Waals surface area contributed by atoms with Crippen LogP contribution in [0.3, 0.4) is 0 Å². The molecular formula is C22H24ClN3O. The highest BCUT2D eigenvalue weighted by molar-refractivity contribution is 6.30. The Morgan fingerprint density at radius 1 is 1.15 bits per heavy atom. The van der Waals surface area contributed by atoms with Gasteiger partial charge in [-0.2, -0.15) is 5.10 Å². The number of nitrogens with one attached hydrogen (secondary N) is 1. The van der Waals surface area contributed by atoms with Crippen LogP contribution < -0.4 is 10.1 Å². The lowest BCUT2D eigenvalue weighted by Crippen LogP contribution is -2.22. The molecule has 2 aromatic carbocycles. The number of nitrogens with zero attached hydrogens (tertiary/aromatic N) is 2. The molecule has 140 valence electrons. The van der Waals surface area contributed by atoms with E-state index in [2.05, 4.69) is 47.4 Å². The summed E-state index contributed by atoms with van der Waals surface area (Å²) >= 11 is 6.10. The molecule has 1 aliphatic carbocycles. The number of hydrogen-bond acceptors (Lipinski definition) is 3. The summed E-state index contributed by atoms with van der Waals surface area (Å²) in [4.78, 5) is 0. The Hall–Kier alpha value is -2.30. The van der Waals surface area contributed by atoms with Crippen molar-refractivity contribution >= 4 is 11.6 Å². The Bertz CT molecular complexity index is 898. The summed E-state index contributed by atoms with van der Waals surface area (Å²) in [5.74, 6) is 0.870. The van der Waals surface area contributed by atoms with Crippen molar-refractivity contribution < 1.29 is 4.74 Å². The Morgan fingerprint density at radius 2 is 1.85 bits per heavy atom. The minimum atomic E-state index is 0.0665. The lowest BCUT2D eigenvalue weighted by molar-refractivity contribution is 0.414. The predicted molar refractivity (Wildman–Crippen MR) is 108 cm³/mol. The fraction of sp³-hybridized carbons (Fsp3) is 0.318. The van der Waals surface area contributed by atoms with Crippen LogP contribution in [0.1, 0.15) is 47.3 Å². The maximum absolute atomic E-state index is 6.10. The highest BCUT2D eigenvalue weighted by Crippen LogP contribution is 2.36. The number of ether oxygens (including phenoxy) is 1. The highest BCUT2D eigenvalue weighted by atomic mass is 35.5. The summed E-state index contributed by atoms with van der Waals surface area (Å²) in [6.07, 6.45) is 4.66. The second kappa shape index (κ2) is 7.75. The van der Waals surface area contributed by atoms with Crippen molar-refractivity contribution in [2.24, 2.45) is 0 Å². The Kier molecular flexibility index (Phi) is 5.19. The average molecular weight is 382 g/mol. The van der Waals surface area contributed by atoms with Crippen LogP contribution in [0, 0.1) is 6.92 Å². The molecule has 0 radical (unpaired) electrons. The number of aromatic nitrogens is 2. The van der Waals surface area contributed by atoms with E-state index in [1.807, 2.05) is 24.3 Å². The van der Waals surface area contributed by atoms with Crippen LogP contribution >= 0.6 is 11.6 Å². The molecule has 1 heterocycles. The van der Waals surface area contributed by atoms with Crippen LogP contribution in [0.25, 0.3) is 0 Å². The topological polar surface area (TPSA) is 39.1 Å². The van der Waals surface area contributed by atoms with E-state index >= 15 is 0 Å². The zero-order valence-corrected chi connectivity index (χ0v) is 16.4. The maximum atomic E-state index is 6.10. The van der Waals surface area contributed by atoms with Gasteiger partial charge in [-0.1, -0.05) is 35.9 Å². The first-order chi connectivity index (χ1) is 13.1. The fourth-order valence-corrected chi connectivity index (χ4v) is 3.46. The Labute approximate surface area is 165 Å². The summed E-state index contributed by atoms with van der Waals surface area (Å²) < 4.78 is 7.38. The molecule has 1 aliphatic rings. The Morgan fingerprint density at radius 3 is 2.48 bits per heavy atom. The van der Waals surface area contributed by atoms with Crippen molar-refractivity contribution in [3.63, 3.8) is 0 Å². The number of hydrogen-bond donors (Lipinski definition) is 1. The van der Waals surface area contributed by atoms with Crippen LogP contribution in [0.15, 0.2) is 54.7 Å². The van der Waals surface area contributed by atoms with Crippen molar-refractivity contribution in [1.29, 1.82) is 0 Å². The Balaban J connectivity index is 1.60. The van der Waals surface area contributed by atoms with Crippen molar-refractivity contribution in [2.75, 3.05) is 7.11 Å². The molecule has 4 nitrogen and oxygen atoms in total. The highest BCUT2D eigenvalue weighted by Gasteiger charge is 2.27. The van der Waals surface area contributed by atoms with E-state index < -0.39 is 0 Å². The van der Waals surface area contributed by atoms with Crippen molar-refractivity contribution in [2.45, 2.75) is 38.4 Å². The number of halogens is 1. The average Bonchev–Trinajstić information content (AvgIpc) is 3.47. The van der Waals surface area contributed by atoms with Gasteiger partial charge in [0.1, 0.15) is 5.75 Å². The lowest BCUT2D eigenvalue weighted by Gasteiger charge is -2.19. The quantitative estimate of drug-likeness (QED) is 0.621. The van der Waals surface area contributed by atoms with Gasteiger partial charge in [0.2, 0.25) is 0 Å². The summed E-state index contributed by atoms with van der Waals surface area (Å²) in [5.41, 5.74) is 4.69. The van der Waals surface area contributed by atoms with Gasteiger partial charge in [0.05, 0.1) is 24.9 Å². The minimum absolute atomic E-state index is 0.0665. The third-order valence-corrected chi connectivity index (χ3v) is 5.31. The molecule has 1 fully saturated rings. The standard InChI is InChI=1S/C22H24ClN3O/c1-15-21(14-26(25-15)19-9-10-19)22(17-5-7-18(23)8-6-17)24-13-16-3-11-20(27-2)12-4-16/h3-8,11-12,14,19,22,24H,9-10,13H2,1-2H3. The number of methoxy groups -OCH3 is 1. The van der Waals surface area contributed by atoms with E-state index in [1.165, 1.54) is 29.5 Å². The van der Waals surface area contributed by atoms with Gasteiger partial charge in [0.15, 0.2) is 0 Å². The van der Waals surface area contributed by atoms with E-state index in [0.29, 0.717) is 6.04 Å². The molecule has 5 heteroatoms. The van der Waals surface area contributed by atoms with Crippen molar-refractivity contribution in [1.82, 2.24) is 15.1 Å². The molecule has 0 amide bonds. The molecular weight excluding hydrogens is 358 g/mol. The molecule has 1 unspecified atom stereocenters. The molecule has 3 aromatic rings. The number of rotatable bonds is 7. The first-order valence-corrected chi connectivity index (χ1v) is 9.69. The number of benzene rings is 2. The molecule has 0 aliphatic heterocycles.